The van der Waals surface area contributed by atoms with Crippen molar-refractivity contribution in [3.8, 4) is 0 Å². The molecule has 0 aliphatic carbocycles. The van der Waals surface area contributed by atoms with E-state index in [1.807, 2.05) is 13.8 Å². The van der Waals surface area contributed by atoms with Crippen LogP contribution in [0.3, 0.4) is 0 Å². The fourth-order valence-corrected chi connectivity index (χ4v) is 3.22. The predicted molar refractivity (Wildman–Crippen MR) is 88.4 cm³/mol. The van der Waals surface area contributed by atoms with Crippen molar-refractivity contribution in [3.63, 3.8) is 0 Å². The minimum absolute atomic E-state index is 0.0257. The first-order valence-corrected chi connectivity index (χ1v) is 8.47. The number of piperazine rings is 1. The van der Waals surface area contributed by atoms with Crippen LogP contribution < -0.4 is 16.8 Å². The molecule has 8 nitrogen and oxygen atoms in total. The van der Waals surface area contributed by atoms with Gasteiger partial charge in [0.25, 0.3) is 0 Å². The Morgan fingerprint density at radius 3 is 2.21 bits per heavy atom. The minimum atomic E-state index is -1.10. The highest BCUT2D eigenvalue weighted by atomic mass is 16.2. The third-order valence-electron chi connectivity index (χ3n) is 4.32. The van der Waals surface area contributed by atoms with Gasteiger partial charge in [-0.15, -0.1) is 0 Å². The second-order valence-electron chi connectivity index (χ2n) is 6.31. The van der Waals surface area contributed by atoms with Gasteiger partial charge in [-0.2, -0.15) is 0 Å². The largest absolute Gasteiger partial charge is 0.370 e. The van der Waals surface area contributed by atoms with Crippen LogP contribution >= 0.6 is 0 Å². The van der Waals surface area contributed by atoms with Gasteiger partial charge in [-0.25, -0.2) is 0 Å². The van der Waals surface area contributed by atoms with E-state index in [2.05, 4.69) is 5.32 Å². The Hall–Kier alpha value is -2.12. The van der Waals surface area contributed by atoms with E-state index in [0.717, 1.165) is 0 Å². The summed E-state index contributed by atoms with van der Waals surface area (Å²) in [5, 5.41) is 2.81. The first kappa shape index (κ1) is 19.9. The maximum Gasteiger partial charge on any atom is 0.249 e. The van der Waals surface area contributed by atoms with Gasteiger partial charge in [-0.1, -0.05) is 20.3 Å². The summed E-state index contributed by atoms with van der Waals surface area (Å²) < 4.78 is 0. The monoisotopic (exact) mass is 340 g/mol. The summed E-state index contributed by atoms with van der Waals surface area (Å²) in [6, 6.07) is -0.705. The molecule has 5 N–H and O–H groups in total. The van der Waals surface area contributed by atoms with Gasteiger partial charge in [0.15, 0.2) is 0 Å². The second-order valence-corrected chi connectivity index (χ2v) is 6.31. The number of carbonyl (C=O) groups is 4. The van der Waals surface area contributed by atoms with E-state index in [1.165, 1.54) is 4.90 Å². The Balaban J connectivity index is 3.09. The van der Waals surface area contributed by atoms with Gasteiger partial charge in [-0.3, -0.25) is 19.2 Å². The lowest BCUT2D eigenvalue weighted by atomic mass is 9.83. The highest BCUT2D eigenvalue weighted by molar-refractivity contribution is 6.00. The molecule has 2 unspecified atom stereocenters. The van der Waals surface area contributed by atoms with Crippen LogP contribution in [0.25, 0.3) is 0 Å². The lowest BCUT2D eigenvalue weighted by Crippen LogP contribution is -2.70. The smallest absolute Gasteiger partial charge is 0.249 e. The molecule has 0 saturated carbocycles. The van der Waals surface area contributed by atoms with Gasteiger partial charge >= 0.3 is 0 Å². The topological polar surface area (TPSA) is 136 Å². The first-order valence-electron chi connectivity index (χ1n) is 8.47. The zero-order valence-corrected chi connectivity index (χ0v) is 14.5. The summed E-state index contributed by atoms with van der Waals surface area (Å²) in [5.74, 6) is -1.53. The molecule has 1 saturated heterocycles. The van der Waals surface area contributed by atoms with Crippen LogP contribution in [0.5, 0.6) is 0 Å². The molecule has 0 aromatic rings. The molecule has 1 aliphatic rings. The number of amides is 4. The van der Waals surface area contributed by atoms with Crippen molar-refractivity contribution >= 4 is 23.6 Å². The molecule has 8 heteroatoms. The fraction of sp³-hybridized carbons (Fsp3) is 0.750. The Labute approximate surface area is 142 Å². The average Bonchev–Trinajstić information content (AvgIpc) is 2.50. The van der Waals surface area contributed by atoms with Crippen molar-refractivity contribution < 1.29 is 19.2 Å². The molecule has 2 atom stereocenters. The molecule has 0 aromatic heterocycles. The van der Waals surface area contributed by atoms with Crippen LogP contribution in [0.15, 0.2) is 0 Å². The number of nitrogens with two attached hydrogens (primary N) is 2. The Kier molecular flexibility index (Phi) is 7.18. The SMILES string of the molecule is CCCN1C(=O)C(CCC)(CCC(N)=O)NC(=O)C1CCC(N)=O. The number of carbonyl (C=O) groups excluding carboxylic acids is 4. The van der Waals surface area contributed by atoms with Crippen LogP contribution in [0.1, 0.15) is 58.8 Å². The van der Waals surface area contributed by atoms with E-state index in [0.29, 0.717) is 25.8 Å². The van der Waals surface area contributed by atoms with Crippen LogP contribution in [0.2, 0.25) is 0 Å². The maximum atomic E-state index is 13.1. The van der Waals surface area contributed by atoms with Crippen molar-refractivity contribution in [2.75, 3.05) is 6.54 Å². The number of primary amides is 2. The third kappa shape index (κ3) is 4.69. The lowest BCUT2D eigenvalue weighted by Gasteiger charge is -2.46. The van der Waals surface area contributed by atoms with Crippen LogP contribution in [0, 0.1) is 0 Å². The molecule has 136 valence electrons. The van der Waals surface area contributed by atoms with E-state index < -0.39 is 23.4 Å². The molecule has 0 radical (unpaired) electrons. The van der Waals surface area contributed by atoms with Crippen LogP contribution in [-0.4, -0.2) is 46.7 Å². The molecular formula is C16H28N4O4. The summed E-state index contributed by atoms with van der Waals surface area (Å²) in [4.78, 5) is 49.4. The van der Waals surface area contributed by atoms with Crippen LogP contribution in [-0.2, 0) is 19.2 Å². The number of hydrogen-bond donors (Lipinski definition) is 3. The number of nitrogens with one attached hydrogen (secondary N) is 1. The summed E-state index contributed by atoms with van der Waals surface area (Å²) in [6.07, 6.45) is 2.24. The molecule has 24 heavy (non-hydrogen) atoms. The number of nitrogens with zero attached hydrogens (tertiary/aromatic N) is 1. The average molecular weight is 340 g/mol. The zero-order chi connectivity index (χ0) is 18.3. The second kappa shape index (κ2) is 8.65. The van der Waals surface area contributed by atoms with Gasteiger partial charge in [0.1, 0.15) is 11.6 Å². The van der Waals surface area contributed by atoms with Crippen molar-refractivity contribution in [2.24, 2.45) is 11.5 Å². The van der Waals surface area contributed by atoms with Crippen LogP contribution in [0.4, 0.5) is 0 Å². The summed E-state index contributed by atoms with van der Waals surface area (Å²) in [5.41, 5.74) is 9.29. The van der Waals surface area contributed by atoms with Crippen molar-refractivity contribution in [1.82, 2.24) is 10.2 Å². The van der Waals surface area contributed by atoms with E-state index in [4.69, 9.17) is 11.5 Å². The first-order chi connectivity index (χ1) is 11.3. The third-order valence-corrected chi connectivity index (χ3v) is 4.32. The van der Waals surface area contributed by atoms with Crippen molar-refractivity contribution in [1.29, 1.82) is 0 Å². The predicted octanol–water partition coefficient (Wildman–Crippen LogP) is -0.207. The standard InChI is InChI=1S/C16H28N4O4/c1-3-8-16(9-7-13(18)22)15(24)20(10-4-2)11(14(23)19-16)5-6-12(17)21/h11H,3-10H2,1-2H3,(H2,17,21)(H2,18,22)(H,19,23). The van der Waals surface area contributed by atoms with Gasteiger partial charge in [0, 0.05) is 19.4 Å². The maximum absolute atomic E-state index is 13.1. The molecule has 0 aromatic carbocycles. The highest BCUT2D eigenvalue weighted by Crippen LogP contribution is 2.29. The Morgan fingerprint density at radius 1 is 1.08 bits per heavy atom. The molecular weight excluding hydrogens is 312 g/mol. The van der Waals surface area contributed by atoms with E-state index >= 15 is 0 Å². The number of hydrogen-bond acceptors (Lipinski definition) is 4. The van der Waals surface area contributed by atoms with Gasteiger partial charge in [0.2, 0.25) is 23.6 Å². The minimum Gasteiger partial charge on any atom is -0.370 e. The normalized spacial score (nSPS) is 23.9. The number of rotatable bonds is 10. The molecule has 1 rings (SSSR count). The molecule has 0 bridgehead atoms. The molecule has 0 spiro atoms. The van der Waals surface area contributed by atoms with E-state index in [9.17, 15) is 19.2 Å². The molecule has 4 amide bonds. The van der Waals surface area contributed by atoms with Gasteiger partial charge in [-0.05, 0) is 25.7 Å². The fourth-order valence-electron chi connectivity index (χ4n) is 3.22. The van der Waals surface area contributed by atoms with E-state index in [-0.39, 0.29) is 37.5 Å². The van der Waals surface area contributed by atoms with Gasteiger partial charge in [0.05, 0.1) is 0 Å². The zero-order valence-electron chi connectivity index (χ0n) is 14.5. The Bertz CT molecular complexity index is 508. The Morgan fingerprint density at radius 2 is 1.71 bits per heavy atom. The quantitative estimate of drug-likeness (QED) is 0.507. The van der Waals surface area contributed by atoms with Crippen molar-refractivity contribution in [3.05, 3.63) is 0 Å². The van der Waals surface area contributed by atoms with E-state index in [1.54, 1.807) is 0 Å². The highest BCUT2D eigenvalue weighted by Gasteiger charge is 2.49. The molecule has 1 fully saturated rings. The lowest BCUT2D eigenvalue weighted by molar-refractivity contribution is -0.156. The summed E-state index contributed by atoms with van der Waals surface area (Å²) in [6.45, 7) is 4.24. The molecule has 1 heterocycles. The summed E-state index contributed by atoms with van der Waals surface area (Å²) >= 11 is 0. The molecule has 1 aliphatic heterocycles. The van der Waals surface area contributed by atoms with Gasteiger partial charge < -0.3 is 21.7 Å². The summed E-state index contributed by atoms with van der Waals surface area (Å²) in [7, 11) is 0. The van der Waals surface area contributed by atoms with Crippen molar-refractivity contribution in [2.45, 2.75) is 70.4 Å².